The number of allylic oxidation sites excluding steroid dienone is 1. The predicted molar refractivity (Wildman–Crippen MR) is 135 cm³/mol. The standard InChI is InChI=1S/C23H24N4O2S3/c1-5-8-27-22(29)18-14-7-6-11(2)9-15(14)32-21(18)26-23(27)30-10-16-24-19(28)17-12(3)13(4)31-20(17)25-16/h5,11H,1,6-10H2,2-4H3,(H,24,25,28). The third-order valence-corrected chi connectivity index (χ3v) is 9.35. The van der Waals surface area contributed by atoms with E-state index in [2.05, 4.69) is 23.5 Å². The van der Waals surface area contributed by atoms with Gasteiger partial charge in [-0.05, 0) is 50.2 Å². The topological polar surface area (TPSA) is 80.6 Å². The fraction of sp³-hybridized carbons (Fsp3) is 0.391. The minimum absolute atomic E-state index is 0.00543. The van der Waals surface area contributed by atoms with Gasteiger partial charge < -0.3 is 4.98 Å². The summed E-state index contributed by atoms with van der Waals surface area (Å²) in [5.74, 6) is 1.66. The number of aromatic amines is 1. The Morgan fingerprint density at radius 2 is 2.00 bits per heavy atom. The second-order valence-corrected chi connectivity index (χ2v) is 11.6. The zero-order valence-corrected chi connectivity index (χ0v) is 20.7. The largest absolute Gasteiger partial charge is 0.309 e. The Kier molecular flexibility index (Phi) is 5.59. The van der Waals surface area contributed by atoms with Crippen LogP contribution in [-0.2, 0) is 25.1 Å². The predicted octanol–water partition coefficient (Wildman–Crippen LogP) is 4.98. The lowest BCUT2D eigenvalue weighted by Crippen LogP contribution is -2.23. The first-order valence-corrected chi connectivity index (χ1v) is 13.3. The number of fused-ring (bicyclic) bond motifs is 4. The molecule has 6 nitrogen and oxygen atoms in total. The zero-order chi connectivity index (χ0) is 22.6. The summed E-state index contributed by atoms with van der Waals surface area (Å²) in [6.07, 6.45) is 4.80. The van der Waals surface area contributed by atoms with Crippen molar-refractivity contribution in [2.24, 2.45) is 5.92 Å². The zero-order valence-electron chi connectivity index (χ0n) is 18.3. The van der Waals surface area contributed by atoms with Crippen molar-refractivity contribution >= 4 is 54.9 Å². The van der Waals surface area contributed by atoms with Gasteiger partial charge in [0.1, 0.15) is 15.5 Å². The normalized spacial score (nSPS) is 16.0. The monoisotopic (exact) mass is 484 g/mol. The number of hydrogen-bond acceptors (Lipinski definition) is 7. The second kappa shape index (κ2) is 8.28. The molecule has 32 heavy (non-hydrogen) atoms. The third kappa shape index (κ3) is 3.56. The Labute approximate surface area is 197 Å². The van der Waals surface area contributed by atoms with Crippen LogP contribution in [0.2, 0.25) is 0 Å². The van der Waals surface area contributed by atoms with Crippen molar-refractivity contribution in [3.05, 3.63) is 60.1 Å². The van der Waals surface area contributed by atoms with E-state index in [0.717, 1.165) is 44.8 Å². The fourth-order valence-electron chi connectivity index (χ4n) is 4.31. The Bertz CT molecular complexity index is 1490. The first-order valence-electron chi connectivity index (χ1n) is 10.6. The first kappa shape index (κ1) is 21.6. The Hall–Kier alpha value is -2.23. The van der Waals surface area contributed by atoms with Crippen molar-refractivity contribution in [3.8, 4) is 0 Å². The van der Waals surface area contributed by atoms with Crippen LogP contribution in [-0.4, -0.2) is 19.5 Å². The molecule has 1 aliphatic rings. The summed E-state index contributed by atoms with van der Waals surface area (Å²) in [4.78, 5) is 42.5. The van der Waals surface area contributed by atoms with E-state index in [0.29, 0.717) is 34.6 Å². The fourth-order valence-corrected chi connectivity index (χ4v) is 7.66. The molecule has 0 fully saturated rings. The van der Waals surface area contributed by atoms with Crippen molar-refractivity contribution in [3.63, 3.8) is 0 Å². The van der Waals surface area contributed by atoms with Crippen molar-refractivity contribution in [2.45, 2.75) is 57.5 Å². The molecule has 9 heteroatoms. The minimum Gasteiger partial charge on any atom is -0.309 e. The van der Waals surface area contributed by atoms with Crippen LogP contribution in [0.15, 0.2) is 27.4 Å². The Balaban J connectivity index is 1.54. The quantitative estimate of drug-likeness (QED) is 0.246. The lowest BCUT2D eigenvalue weighted by atomic mass is 9.89. The van der Waals surface area contributed by atoms with E-state index >= 15 is 0 Å². The molecule has 0 bridgehead atoms. The van der Waals surface area contributed by atoms with Crippen LogP contribution < -0.4 is 11.1 Å². The van der Waals surface area contributed by atoms with E-state index in [1.54, 1.807) is 22.0 Å². The summed E-state index contributed by atoms with van der Waals surface area (Å²) in [5.41, 5.74) is 2.07. The van der Waals surface area contributed by atoms with E-state index in [1.807, 2.05) is 13.8 Å². The molecule has 166 valence electrons. The van der Waals surface area contributed by atoms with E-state index in [9.17, 15) is 9.59 Å². The maximum atomic E-state index is 13.4. The second-order valence-electron chi connectivity index (χ2n) is 8.40. The molecule has 0 aromatic carbocycles. The van der Waals surface area contributed by atoms with Gasteiger partial charge in [-0.25, -0.2) is 9.97 Å². The lowest BCUT2D eigenvalue weighted by Gasteiger charge is -2.17. The molecule has 5 rings (SSSR count). The van der Waals surface area contributed by atoms with Crippen LogP contribution in [0, 0.1) is 19.8 Å². The first-order chi connectivity index (χ1) is 15.4. The van der Waals surface area contributed by atoms with Gasteiger partial charge >= 0.3 is 0 Å². The van der Waals surface area contributed by atoms with E-state index < -0.39 is 0 Å². The van der Waals surface area contributed by atoms with Crippen LogP contribution in [0.5, 0.6) is 0 Å². The molecule has 1 aliphatic carbocycles. The SMILES string of the molecule is C=CCn1c(SCc2nc3sc(C)c(C)c3c(=O)[nH]2)nc2sc3c(c2c1=O)CCC(C)C3. The summed E-state index contributed by atoms with van der Waals surface area (Å²) in [5, 5.41) is 2.08. The average Bonchev–Trinajstić information content (AvgIpc) is 3.25. The summed E-state index contributed by atoms with van der Waals surface area (Å²) in [6.45, 7) is 10.4. The maximum absolute atomic E-state index is 13.4. The molecule has 0 spiro atoms. The number of nitrogens with one attached hydrogen (secondary N) is 1. The highest BCUT2D eigenvalue weighted by Crippen LogP contribution is 2.36. The number of thioether (sulfide) groups is 1. The summed E-state index contributed by atoms with van der Waals surface area (Å²) in [7, 11) is 0. The van der Waals surface area contributed by atoms with Crippen molar-refractivity contribution in [1.82, 2.24) is 19.5 Å². The van der Waals surface area contributed by atoms with Gasteiger partial charge in [0.2, 0.25) is 0 Å². The third-order valence-electron chi connectivity index (χ3n) is 6.12. The molecular weight excluding hydrogens is 460 g/mol. The molecule has 4 heterocycles. The highest BCUT2D eigenvalue weighted by molar-refractivity contribution is 7.98. The number of nitrogens with zero attached hydrogens (tertiary/aromatic N) is 3. The van der Waals surface area contributed by atoms with Crippen LogP contribution in [0.1, 0.15) is 40.1 Å². The van der Waals surface area contributed by atoms with Gasteiger partial charge in [-0.2, -0.15) is 0 Å². The van der Waals surface area contributed by atoms with Crippen LogP contribution in [0.3, 0.4) is 0 Å². The minimum atomic E-state index is -0.112. The molecule has 0 saturated carbocycles. The van der Waals surface area contributed by atoms with Crippen molar-refractivity contribution < 1.29 is 0 Å². The van der Waals surface area contributed by atoms with Gasteiger partial charge in [-0.3, -0.25) is 14.2 Å². The molecule has 0 aliphatic heterocycles. The van der Waals surface area contributed by atoms with E-state index in [1.165, 1.54) is 33.5 Å². The maximum Gasteiger partial charge on any atom is 0.263 e. The van der Waals surface area contributed by atoms with Gasteiger partial charge in [-0.1, -0.05) is 24.8 Å². The van der Waals surface area contributed by atoms with Crippen molar-refractivity contribution in [2.75, 3.05) is 0 Å². The van der Waals surface area contributed by atoms with Crippen LogP contribution in [0.4, 0.5) is 0 Å². The van der Waals surface area contributed by atoms with Crippen LogP contribution in [0.25, 0.3) is 20.4 Å². The van der Waals surface area contributed by atoms with Gasteiger partial charge in [0.05, 0.1) is 16.5 Å². The molecular formula is C23H24N4O2S3. The molecule has 1 N–H and O–H groups in total. The smallest absolute Gasteiger partial charge is 0.263 e. The van der Waals surface area contributed by atoms with Gasteiger partial charge in [0.25, 0.3) is 11.1 Å². The highest BCUT2D eigenvalue weighted by Gasteiger charge is 2.24. The summed E-state index contributed by atoms with van der Waals surface area (Å²) in [6, 6.07) is 0. The van der Waals surface area contributed by atoms with Gasteiger partial charge in [0.15, 0.2) is 5.16 Å². The molecule has 0 radical (unpaired) electrons. The van der Waals surface area contributed by atoms with Gasteiger partial charge in [-0.15, -0.1) is 29.3 Å². The molecule has 0 saturated heterocycles. The summed E-state index contributed by atoms with van der Waals surface area (Å²) < 4.78 is 1.70. The number of thiophene rings is 2. The van der Waals surface area contributed by atoms with Gasteiger partial charge in [0, 0.05) is 16.3 Å². The lowest BCUT2D eigenvalue weighted by molar-refractivity contribution is 0.509. The molecule has 4 aromatic heterocycles. The molecule has 1 atom stereocenters. The average molecular weight is 485 g/mol. The van der Waals surface area contributed by atoms with E-state index in [4.69, 9.17) is 4.98 Å². The van der Waals surface area contributed by atoms with E-state index in [-0.39, 0.29) is 11.1 Å². The highest BCUT2D eigenvalue weighted by atomic mass is 32.2. The number of hydrogen-bond donors (Lipinski definition) is 1. The molecule has 1 unspecified atom stereocenters. The Morgan fingerprint density at radius 1 is 1.22 bits per heavy atom. The Morgan fingerprint density at radius 3 is 2.78 bits per heavy atom. The number of aromatic nitrogens is 4. The summed E-state index contributed by atoms with van der Waals surface area (Å²) >= 11 is 4.62. The number of aryl methyl sites for hydroxylation is 3. The molecule has 4 aromatic rings. The number of rotatable bonds is 5. The van der Waals surface area contributed by atoms with Crippen LogP contribution >= 0.6 is 34.4 Å². The molecule has 0 amide bonds. The number of H-pyrrole nitrogens is 1. The van der Waals surface area contributed by atoms with Crippen molar-refractivity contribution in [1.29, 1.82) is 0 Å².